The first-order chi connectivity index (χ1) is 7.56. The van der Waals surface area contributed by atoms with Crippen molar-refractivity contribution in [1.29, 1.82) is 0 Å². The molecule has 0 unspecified atom stereocenters. The molecule has 0 saturated carbocycles. The fraction of sp³-hybridized carbons (Fsp3) is 0.909. The molecule has 0 spiro atoms. The average molecular weight is 232 g/mol. The van der Waals surface area contributed by atoms with Gasteiger partial charge < -0.3 is 0 Å². The molecule has 92 valence electrons. The lowest BCUT2D eigenvalue weighted by Crippen LogP contribution is -2.43. The molecular formula is C11H18F2N2O. The van der Waals surface area contributed by atoms with Crippen molar-refractivity contribution >= 4 is 5.91 Å². The zero-order valence-corrected chi connectivity index (χ0v) is 9.75. The van der Waals surface area contributed by atoms with Crippen LogP contribution in [0.4, 0.5) is 8.78 Å². The van der Waals surface area contributed by atoms with Crippen LogP contribution in [-0.4, -0.2) is 41.5 Å². The average Bonchev–Trinajstić information content (AvgIpc) is 2.77. The summed E-state index contributed by atoms with van der Waals surface area (Å²) in [7, 11) is 0. The number of halogens is 2. The van der Waals surface area contributed by atoms with Crippen molar-refractivity contribution in [2.45, 2.75) is 45.6 Å². The maximum atomic E-state index is 13.1. The van der Waals surface area contributed by atoms with Crippen LogP contribution in [0.25, 0.3) is 0 Å². The van der Waals surface area contributed by atoms with Crippen LogP contribution in [0.5, 0.6) is 0 Å². The molecular weight excluding hydrogens is 214 g/mol. The second kappa shape index (κ2) is 3.95. The Balaban J connectivity index is 2.27. The number of hydrogen-bond donors (Lipinski definition) is 0. The first-order valence-corrected chi connectivity index (χ1v) is 5.93. The van der Waals surface area contributed by atoms with Gasteiger partial charge in [-0.05, 0) is 19.3 Å². The number of carbonyl (C=O) groups excluding carboxylic acids is 1. The van der Waals surface area contributed by atoms with E-state index in [9.17, 15) is 13.6 Å². The van der Waals surface area contributed by atoms with Crippen LogP contribution >= 0.6 is 0 Å². The van der Waals surface area contributed by atoms with Crippen molar-refractivity contribution in [3.05, 3.63) is 0 Å². The van der Waals surface area contributed by atoms with Gasteiger partial charge in [-0.1, -0.05) is 13.8 Å². The van der Waals surface area contributed by atoms with Crippen LogP contribution in [0.3, 0.4) is 0 Å². The highest BCUT2D eigenvalue weighted by atomic mass is 19.3. The first kappa shape index (κ1) is 11.8. The van der Waals surface area contributed by atoms with Gasteiger partial charge in [-0.15, -0.1) is 0 Å². The zero-order chi connectivity index (χ0) is 11.9. The third-order valence-electron chi connectivity index (χ3n) is 3.99. The van der Waals surface area contributed by atoms with E-state index in [1.165, 1.54) is 0 Å². The number of fused-ring (bicyclic) bond motifs is 1. The Morgan fingerprint density at radius 1 is 1.50 bits per heavy atom. The van der Waals surface area contributed by atoms with Gasteiger partial charge in [0, 0.05) is 19.1 Å². The number of nitrogens with zero attached hydrogens (tertiary/aromatic N) is 2. The summed E-state index contributed by atoms with van der Waals surface area (Å²) in [4.78, 5) is 12.2. The van der Waals surface area contributed by atoms with Crippen LogP contribution in [0.2, 0.25) is 0 Å². The van der Waals surface area contributed by atoms with Gasteiger partial charge >= 0.3 is 0 Å². The summed E-state index contributed by atoms with van der Waals surface area (Å²) in [5.74, 6) is -0.366. The third kappa shape index (κ3) is 1.37. The molecule has 0 aromatic heterocycles. The standard InChI is InChI=1S/C11H18F2N2O/c1-3-8-5-6-14-7-11(4-2,9(12)13)10(16)15(8)14/h8-9H,3-7H2,1-2H3/t8-,11+/m0/s1. The topological polar surface area (TPSA) is 23.6 Å². The van der Waals surface area contributed by atoms with E-state index in [-0.39, 0.29) is 24.9 Å². The lowest BCUT2D eigenvalue weighted by atomic mass is 9.85. The molecule has 0 N–H and O–H groups in total. The van der Waals surface area contributed by atoms with E-state index in [1.54, 1.807) is 11.9 Å². The van der Waals surface area contributed by atoms with Crippen molar-refractivity contribution in [2.75, 3.05) is 13.1 Å². The molecule has 16 heavy (non-hydrogen) atoms. The number of carbonyl (C=O) groups is 1. The van der Waals surface area contributed by atoms with Gasteiger partial charge in [-0.25, -0.2) is 13.8 Å². The third-order valence-corrected chi connectivity index (χ3v) is 3.99. The normalized spacial score (nSPS) is 35.2. The van der Waals surface area contributed by atoms with Crippen molar-refractivity contribution in [3.8, 4) is 0 Å². The molecule has 3 nitrogen and oxygen atoms in total. The summed E-state index contributed by atoms with van der Waals surface area (Å²) in [6.07, 6.45) is -0.600. The van der Waals surface area contributed by atoms with Crippen LogP contribution in [0, 0.1) is 5.41 Å². The van der Waals surface area contributed by atoms with Crippen molar-refractivity contribution in [1.82, 2.24) is 10.0 Å². The summed E-state index contributed by atoms with van der Waals surface area (Å²) in [5, 5.41) is 3.40. The summed E-state index contributed by atoms with van der Waals surface area (Å²) in [6, 6.07) is 0.125. The van der Waals surface area contributed by atoms with Crippen LogP contribution < -0.4 is 0 Å². The minimum absolute atomic E-state index is 0.125. The molecule has 2 aliphatic heterocycles. The Bertz CT molecular complexity index is 298. The number of amides is 1. The van der Waals surface area contributed by atoms with E-state index >= 15 is 0 Å². The molecule has 2 heterocycles. The number of alkyl halides is 2. The Labute approximate surface area is 94.4 Å². The Kier molecular flexibility index (Phi) is 2.90. The van der Waals surface area contributed by atoms with Crippen LogP contribution in [0.15, 0.2) is 0 Å². The molecule has 2 fully saturated rings. The maximum Gasteiger partial charge on any atom is 0.254 e. The minimum atomic E-state index is -2.56. The Morgan fingerprint density at radius 2 is 2.19 bits per heavy atom. The van der Waals surface area contributed by atoms with Gasteiger partial charge in [0.2, 0.25) is 0 Å². The maximum absolute atomic E-state index is 13.1. The minimum Gasteiger partial charge on any atom is -0.272 e. The quantitative estimate of drug-likeness (QED) is 0.742. The zero-order valence-electron chi connectivity index (χ0n) is 9.75. The molecule has 0 aliphatic carbocycles. The lowest BCUT2D eigenvalue weighted by molar-refractivity contribution is -0.148. The fourth-order valence-corrected chi connectivity index (χ4v) is 2.79. The molecule has 0 aromatic rings. The number of hydrogen-bond acceptors (Lipinski definition) is 2. The highest BCUT2D eigenvalue weighted by Gasteiger charge is 2.58. The van der Waals surface area contributed by atoms with Gasteiger partial charge in [-0.3, -0.25) is 9.80 Å². The van der Waals surface area contributed by atoms with Crippen LogP contribution in [-0.2, 0) is 4.79 Å². The highest BCUT2D eigenvalue weighted by molar-refractivity contribution is 5.85. The highest BCUT2D eigenvalue weighted by Crippen LogP contribution is 2.43. The van der Waals surface area contributed by atoms with E-state index in [1.807, 2.05) is 11.9 Å². The van der Waals surface area contributed by atoms with Crippen molar-refractivity contribution < 1.29 is 13.6 Å². The molecule has 2 saturated heterocycles. The smallest absolute Gasteiger partial charge is 0.254 e. The molecule has 0 bridgehead atoms. The summed E-state index contributed by atoms with van der Waals surface area (Å²) < 4.78 is 26.2. The second-order valence-corrected chi connectivity index (χ2v) is 4.70. The molecule has 2 atom stereocenters. The summed E-state index contributed by atoms with van der Waals surface area (Å²) >= 11 is 0. The summed E-state index contributed by atoms with van der Waals surface area (Å²) in [5.41, 5.74) is -1.45. The van der Waals surface area contributed by atoms with E-state index in [0.29, 0.717) is 0 Å². The van der Waals surface area contributed by atoms with Gasteiger partial charge in [0.15, 0.2) is 0 Å². The SMILES string of the molecule is CC[C@H]1CCN2C[C@](CC)(C(F)F)C(=O)N12. The lowest BCUT2D eigenvalue weighted by Gasteiger charge is -2.26. The summed E-state index contributed by atoms with van der Waals surface area (Å²) in [6.45, 7) is 4.60. The molecule has 2 rings (SSSR count). The largest absolute Gasteiger partial charge is 0.272 e. The molecule has 1 amide bonds. The molecule has 0 aromatic carbocycles. The second-order valence-electron chi connectivity index (χ2n) is 4.70. The molecule has 0 radical (unpaired) electrons. The predicted molar refractivity (Wildman–Crippen MR) is 55.8 cm³/mol. The van der Waals surface area contributed by atoms with Gasteiger partial charge in [0.25, 0.3) is 12.3 Å². The predicted octanol–water partition coefficient (Wildman–Crippen LogP) is 1.89. The van der Waals surface area contributed by atoms with Crippen LogP contribution in [0.1, 0.15) is 33.1 Å². The van der Waals surface area contributed by atoms with E-state index in [2.05, 4.69) is 0 Å². The van der Waals surface area contributed by atoms with E-state index in [0.717, 1.165) is 19.4 Å². The van der Waals surface area contributed by atoms with E-state index < -0.39 is 11.8 Å². The Morgan fingerprint density at radius 3 is 2.69 bits per heavy atom. The van der Waals surface area contributed by atoms with Gasteiger partial charge in [0.05, 0.1) is 0 Å². The fourth-order valence-electron chi connectivity index (χ4n) is 2.79. The van der Waals surface area contributed by atoms with Gasteiger partial charge in [0.1, 0.15) is 5.41 Å². The number of rotatable bonds is 3. The van der Waals surface area contributed by atoms with E-state index in [4.69, 9.17) is 0 Å². The first-order valence-electron chi connectivity index (χ1n) is 5.93. The van der Waals surface area contributed by atoms with Crippen molar-refractivity contribution in [2.24, 2.45) is 5.41 Å². The van der Waals surface area contributed by atoms with Gasteiger partial charge in [-0.2, -0.15) is 0 Å². The molecule has 2 aliphatic rings. The van der Waals surface area contributed by atoms with Crippen molar-refractivity contribution in [3.63, 3.8) is 0 Å². The monoisotopic (exact) mass is 232 g/mol. The number of hydrazine groups is 1. The Hall–Kier alpha value is -0.710. The molecule has 5 heteroatoms.